The third-order valence-corrected chi connectivity index (χ3v) is 4.49. The average Bonchev–Trinajstić information content (AvgIpc) is 3.05. The zero-order chi connectivity index (χ0) is 17.6. The third kappa shape index (κ3) is 2.72. The maximum atomic E-state index is 14.0. The highest BCUT2D eigenvalue weighted by atomic mass is 32.1. The van der Waals surface area contributed by atoms with Gasteiger partial charge < -0.3 is 14.7 Å². The Morgan fingerprint density at radius 3 is 2.50 bits per heavy atom. The van der Waals surface area contributed by atoms with Gasteiger partial charge in [-0.15, -0.1) is 0 Å². The van der Waals surface area contributed by atoms with E-state index in [-0.39, 0.29) is 36.6 Å². The van der Waals surface area contributed by atoms with Gasteiger partial charge in [0.15, 0.2) is 28.0 Å². The van der Waals surface area contributed by atoms with Crippen molar-refractivity contribution in [1.82, 2.24) is 9.55 Å². The minimum absolute atomic E-state index is 0.0640. The Bertz CT molecular complexity index is 864. The number of H-pyrrole nitrogens is 1. The molecule has 2 N–H and O–H groups in total. The van der Waals surface area contributed by atoms with Gasteiger partial charge in [0.1, 0.15) is 0 Å². The Kier molecular flexibility index (Phi) is 4.20. The number of carboxylic acid groups (broad SMARTS) is 1. The number of halogens is 4. The first-order valence-corrected chi connectivity index (χ1v) is 7.55. The zero-order valence-corrected chi connectivity index (χ0v) is 13.0. The van der Waals surface area contributed by atoms with Crippen LogP contribution in [-0.2, 0) is 24.2 Å². The van der Waals surface area contributed by atoms with E-state index < -0.39 is 40.7 Å². The van der Waals surface area contributed by atoms with Crippen molar-refractivity contribution in [3.63, 3.8) is 0 Å². The molecule has 0 fully saturated rings. The number of fused-ring (bicyclic) bond motifs is 1. The van der Waals surface area contributed by atoms with Gasteiger partial charge in [-0.3, -0.25) is 4.79 Å². The summed E-state index contributed by atoms with van der Waals surface area (Å²) in [6, 6.07) is 0.175. The van der Waals surface area contributed by atoms with Crippen LogP contribution in [0, 0.1) is 28.0 Å². The van der Waals surface area contributed by atoms with E-state index in [2.05, 4.69) is 4.98 Å². The number of rotatable bonds is 4. The molecule has 1 atom stereocenters. The number of nitrogens with zero attached hydrogens (tertiary/aromatic N) is 1. The monoisotopic (exact) mass is 360 g/mol. The largest absolute Gasteiger partial charge is 0.481 e. The fourth-order valence-corrected chi connectivity index (χ4v) is 3.39. The summed E-state index contributed by atoms with van der Waals surface area (Å²) in [7, 11) is 0. The van der Waals surface area contributed by atoms with Crippen molar-refractivity contribution in [2.24, 2.45) is 0 Å². The molecule has 0 saturated carbocycles. The lowest BCUT2D eigenvalue weighted by Gasteiger charge is -2.13. The molecule has 0 amide bonds. The van der Waals surface area contributed by atoms with Crippen molar-refractivity contribution in [2.45, 2.75) is 31.7 Å². The second kappa shape index (κ2) is 6.04. The minimum Gasteiger partial charge on any atom is -0.481 e. The third-order valence-electron chi connectivity index (χ3n) is 4.16. The van der Waals surface area contributed by atoms with E-state index >= 15 is 0 Å². The lowest BCUT2D eigenvalue weighted by atomic mass is 9.94. The second-order valence-electron chi connectivity index (χ2n) is 5.64. The smallest absolute Gasteiger partial charge is 0.303 e. The van der Waals surface area contributed by atoms with E-state index in [1.165, 1.54) is 0 Å². The molecule has 128 valence electrons. The highest BCUT2D eigenvalue weighted by molar-refractivity contribution is 7.71. The van der Waals surface area contributed by atoms with Crippen LogP contribution in [-0.4, -0.2) is 20.6 Å². The molecule has 0 bridgehead atoms. The number of hydrogen-bond donors (Lipinski definition) is 2. The SMILES string of the molecule is O=C(O)CCc1[nH]c(=S)n2c1C[C@H](c1c(F)c(F)cc(F)c1F)C2. The fraction of sp³-hybridized carbons (Fsp3) is 0.333. The molecular formula is C15H12F4N2O2S. The summed E-state index contributed by atoms with van der Waals surface area (Å²) in [5, 5.41) is 8.76. The number of benzene rings is 1. The number of hydrogen-bond acceptors (Lipinski definition) is 2. The number of nitrogens with one attached hydrogen (secondary N) is 1. The Labute approximate surface area is 138 Å². The van der Waals surface area contributed by atoms with E-state index in [4.69, 9.17) is 17.3 Å². The maximum absolute atomic E-state index is 14.0. The van der Waals surface area contributed by atoms with Crippen molar-refractivity contribution in [1.29, 1.82) is 0 Å². The van der Waals surface area contributed by atoms with Gasteiger partial charge in [-0.1, -0.05) is 0 Å². The molecule has 24 heavy (non-hydrogen) atoms. The van der Waals surface area contributed by atoms with Gasteiger partial charge in [-0.2, -0.15) is 0 Å². The van der Waals surface area contributed by atoms with Crippen LogP contribution in [0.5, 0.6) is 0 Å². The van der Waals surface area contributed by atoms with Crippen LogP contribution < -0.4 is 0 Å². The average molecular weight is 360 g/mol. The van der Waals surface area contributed by atoms with E-state index in [1.807, 2.05) is 0 Å². The van der Waals surface area contributed by atoms with E-state index in [0.29, 0.717) is 11.4 Å². The molecule has 3 rings (SSSR count). The highest BCUT2D eigenvalue weighted by Crippen LogP contribution is 2.36. The lowest BCUT2D eigenvalue weighted by molar-refractivity contribution is -0.136. The molecular weight excluding hydrogens is 348 g/mol. The molecule has 2 aromatic rings. The molecule has 1 aliphatic heterocycles. The van der Waals surface area contributed by atoms with Gasteiger partial charge in [0.05, 0.1) is 6.42 Å². The lowest BCUT2D eigenvalue weighted by Crippen LogP contribution is -2.11. The summed E-state index contributed by atoms with van der Waals surface area (Å²) >= 11 is 5.12. The first-order valence-electron chi connectivity index (χ1n) is 7.14. The quantitative estimate of drug-likeness (QED) is 0.499. The normalized spacial score (nSPS) is 16.4. The van der Waals surface area contributed by atoms with Gasteiger partial charge in [-0.05, 0) is 25.1 Å². The van der Waals surface area contributed by atoms with Crippen LogP contribution in [0.3, 0.4) is 0 Å². The highest BCUT2D eigenvalue weighted by Gasteiger charge is 2.33. The van der Waals surface area contributed by atoms with Crippen molar-refractivity contribution in [3.8, 4) is 0 Å². The van der Waals surface area contributed by atoms with Crippen molar-refractivity contribution < 1.29 is 27.5 Å². The molecule has 0 saturated heterocycles. The van der Waals surface area contributed by atoms with Gasteiger partial charge in [0, 0.05) is 35.5 Å². The number of aliphatic carboxylic acids is 1. The van der Waals surface area contributed by atoms with Crippen LogP contribution in [0.15, 0.2) is 6.07 Å². The Morgan fingerprint density at radius 1 is 1.29 bits per heavy atom. The van der Waals surface area contributed by atoms with Gasteiger partial charge in [-0.25, -0.2) is 17.6 Å². The van der Waals surface area contributed by atoms with Gasteiger partial charge >= 0.3 is 5.97 Å². The minimum atomic E-state index is -1.45. The van der Waals surface area contributed by atoms with E-state index in [9.17, 15) is 22.4 Å². The number of carbonyl (C=O) groups is 1. The summed E-state index contributed by atoms with van der Waals surface area (Å²) in [5.74, 6) is -7.52. The Balaban J connectivity index is 1.97. The molecule has 0 spiro atoms. The summed E-state index contributed by atoms with van der Waals surface area (Å²) in [6.07, 6.45) is 0.152. The zero-order valence-electron chi connectivity index (χ0n) is 12.2. The van der Waals surface area contributed by atoms with Crippen LogP contribution in [0.4, 0.5) is 17.6 Å². The van der Waals surface area contributed by atoms with Crippen LogP contribution in [0.1, 0.15) is 29.3 Å². The summed E-state index contributed by atoms with van der Waals surface area (Å²) in [6.45, 7) is 0.0640. The molecule has 0 unspecified atom stereocenters. The molecule has 1 aliphatic rings. The Hall–Kier alpha value is -2.16. The topological polar surface area (TPSA) is 58.0 Å². The number of aromatic amines is 1. The Morgan fingerprint density at radius 2 is 1.92 bits per heavy atom. The molecule has 1 aromatic heterocycles. The van der Waals surface area contributed by atoms with E-state index in [1.54, 1.807) is 4.57 Å². The van der Waals surface area contributed by atoms with Crippen molar-refractivity contribution in [3.05, 3.63) is 51.1 Å². The molecule has 2 heterocycles. The standard InChI is InChI=1S/C15H12F4N2O2S/c16-7-4-8(17)14(19)12(13(7)18)6-3-10-9(1-2-11(22)23)20-15(24)21(10)5-6/h4,6H,1-3,5H2,(H,20,24)(H,22,23)/t6-/m0/s1. The predicted octanol–water partition coefficient (Wildman–Crippen LogP) is 3.46. The first kappa shape index (κ1) is 16.7. The number of imidazole rings is 1. The molecule has 1 aromatic carbocycles. The molecule has 0 aliphatic carbocycles. The van der Waals surface area contributed by atoms with Gasteiger partial charge in [0.25, 0.3) is 0 Å². The number of aryl methyl sites for hydroxylation is 1. The number of aromatic nitrogens is 2. The molecule has 4 nitrogen and oxygen atoms in total. The van der Waals surface area contributed by atoms with Crippen LogP contribution >= 0.6 is 12.2 Å². The summed E-state index contributed by atoms with van der Waals surface area (Å²) < 4.78 is 56.6. The van der Waals surface area contributed by atoms with E-state index in [0.717, 1.165) is 0 Å². The van der Waals surface area contributed by atoms with Crippen molar-refractivity contribution in [2.75, 3.05) is 0 Å². The number of carboxylic acids is 1. The first-order chi connectivity index (χ1) is 11.3. The maximum Gasteiger partial charge on any atom is 0.303 e. The van der Waals surface area contributed by atoms with Gasteiger partial charge in [0.2, 0.25) is 0 Å². The van der Waals surface area contributed by atoms with Crippen LogP contribution in [0.25, 0.3) is 0 Å². The van der Waals surface area contributed by atoms with Crippen molar-refractivity contribution >= 4 is 18.2 Å². The predicted molar refractivity (Wildman–Crippen MR) is 78.3 cm³/mol. The summed E-state index contributed by atoms with van der Waals surface area (Å²) in [5.41, 5.74) is 0.520. The van der Waals surface area contributed by atoms with Crippen LogP contribution in [0.2, 0.25) is 0 Å². The summed E-state index contributed by atoms with van der Waals surface area (Å²) in [4.78, 5) is 13.6. The fourth-order valence-electron chi connectivity index (χ4n) is 3.08. The molecule has 0 radical (unpaired) electrons. The second-order valence-corrected chi connectivity index (χ2v) is 6.03. The molecule has 9 heteroatoms.